The van der Waals surface area contributed by atoms with Crippen LogP contribution in [0.15, 0.2) is 0 Å². The van der Waals surface area contributed by atoms with Gasteiger partial charge in [-0.15, -0.1) is 11.3 Å². The topological polar surface area (TPSA) is 81.7 Å². The summed E-state index contributed by atoms with van der Waals surface area (Å²) in [5.74, 6) is -0.635. The molecule has 6 nitrogen and oxygen atoms in total. The van der Waals surface area contributed by atoms with E-state index in [0.717, 1.165) is 49.0 Å². The molecule has 2 aliphatic carbocycles. The van der Waals surface area contributed by atoms with Gasteiger partial charge in [-0.1, -0.05) is 13.3 Å². The van der Waals surface area contributed by atoms with Crippen LogP contribution in [0.3, 0.4) is 0 Å². The zero-order valence-corrected chi connectivity index (χ0v) is 16.1. The summed E-state index contributed by atoms with van der Waals surface area (Å²) in [6.07, 6.45) is 5.44. The van der Waals surface area contributed by atoms with E-state index in [0.29, 0.717) is 16.5 Å². The fourth-order valence-corrected chi connectivity index (χ4v) is 4.73. The summed E-state index contributed by atoms with van der Waals surface area (Å²) in [5, 5.41) is 3.26. The van der Waals surface area contributed by atoms with Crippen molar-refractivity contribution >= 4 is 34.2 Å². The minimum atomic E-state index is -0.421. The lowest BCUT2D eigenvalue weighted by atomic mass is 9.86. The van der Waals surface area contributed by atoms with E-state index in [4.69, 9.17) is 9.47 Å². The van der Waals surface area contributed by atoms with Crippen LogP contribution in [-0.2, 0) is 31.9 Å². The van der Waals surface area contributed by atoms with Crippen molar-refractivity contribution in [3.05, 3.63) is 16.0 Å². The highest BCUT2D eigenvalue weighted by atomic mass is 32.1. The Labute approximate surface area is 157 Å². The third kappa shape index (κ3) is 4.09. The molecule has 7 heteroatoms. The molecule has 2 aliphatic rings. The summed E-state index contributed by atoms with van der Waals surface area (Å²) in [5.41, 5.74) is 1.46. The average molecular weight is 379 g/mol. The SMILES string of the molecule is CCOC(=O)c1c(NC(=O)COC(=O)C2CCC2)sc2c1CCC(C)C2. The predicted octanol–water partition coefficient (Wildman–Crippen LogP) is 3.33. The molecule has 1 heterocycles. The van der Waals surface area contributed by atoms with Gasteiger partial charge >= 0.3 is 11.9 Å². The highest BCUT2D eigenvalue weighted by molar-refractivity contribution is 7.17. The van der Waals surface area contributed by atoms with Crippen molar-refractivity contribution in [3.63, 3.8) is 0 Å². The monoisotopic (exact) mass is 379 g/mol. The van der Waals surface area contributed by atoms with Crippen LogP contribution < -0.4 is 5.32 Å². The maximum Gasteiger partial charge on any atom is 0.341 e. The second kappa shape index (κ2) is 8.20. The van der Waals surface area contributed by atoms with E-state index < -0.39 is 11.9 Å². The highest BCUT2D eigenvalue weighted by Gasteiger charge is 2.30. The van der Waals surface area contributed by atoms with Crippen LogP contribution in [0.4, 0.5) is 5.00 Å². The summed E-state index contributed by atoms with van der Waals surface area (Å²) >= 11 is 1.43. The number of rotatable bonds is 6. The van der Waals surface area contributed by atoms with E-state index in [2.05, 4.69) is 12.2 Å². The van der Waals surface area contributed by atoms with Gasteiger partial charge in [0.15, 0.2) is 6.61 Å². The molecule has 1 aromatic rings. The van der Waals surface area contributed by atoms with Gasteiger partial charge in [-0.25, -0.2) is 4.79 Å². The lowest BCUT2D eigenvalue weighted by Gasteiger charge is -2.22. The van der Waals surface area contributed by atoms with Crippen molar-refractivity contribution < 1.29 is 23.9 Å². The number of fused-ring (bicyclic) bond motifs is 1. The first-order valence-electron chi connectivity index (χ1n) is 9.27. The van der Waals surface area contributed by atoms with E-state index in [9.17, 15) is 14.4 Å². The Morgan fingerprint density at radius 1 is 1.19 bits per heavy atom. The maximum absolute atomic E-state index is 12.4. The van der Waals surface area contributed by atoms with E-state index in [1.165, 1.54) is 11.3 Å². The normalized spacial score (nSPS) is 19.2. The predicted molar refractivity (Wildman–Crippen MR) is 98.4 cm³/mol. The molecule has 26 heavy (non-hydrogen) atoms. The number of esters is 2. The van der Waals surface area contributed by atoms with Gasteiger partial charge in [0.05, 0.1) is 18.1 Å². The number of ether oxygens (including phenoxy) is 2. The van der Waals surface area contributed by atoms with Gasteiger partial charge in [0, 0.05) is 4.88 Å². The van der Waals surface area contributed by atoms with Gasteiger partial charge in [0.1, 0.15) is 5.00 Å². The molecule has 0 bridgehead atoms. The molecule has 0 spiro atoms. The molecule has 0 radical (unpaired) electrons. The first kappa shape index (κ1) is 18.9. The fraction of sp³-hybridized carbons (Fsp3) is 0.632. The molecule has 1 amide bonds. The van der Waals surface area contributed by atoms with Gasteiger partial charge in [0.2, 0.25) is 0 Å². The minimum absolute atomic E-state index is 0.0616. The average Bonchev–Trinajstić information content (AvgIpc) is 2.88. The second-order valence-corrected chi connectivity index (χ2v) is 8.17. The zero-order chi connectivity index (χ0) is 18.7. The standard InChI is InChI=1S/C19H25NO5S/c1-3-24-19(23)16-13-8-7-11(2)9-14(13)26-17(16)20-15(21)10-25-18(22)12-5-4-6-12/h11-12H,3-10H2,1-2H3,(H,20,21). The zero-order valence-electron chi connectivity index (χ0n) is 15.3. The number of carbonyl (C=O) groups excluding carboxylic acids is 3. The number of anilines is 1. The summed E-state index contributed by atoms with van der Waals surface area (Å²) in [6.45, 7) is 3.91. The van der Waals surface area contributed by atoms with Gasteiger partial charge < -0.3 is 14.8 Å². The summed E-state index contributed by atoms with van der Waals surface area (Å²) in [4.78, 5) is 37.5. The van der Waals surface area contributed by atoms with Crippen molar-refractivity contribution in [1.29, 1.82) is 0 Å². The minimum Gasteiger partial charge on any atom is -0.462 e. The summed E-state index contributed by atoms with van der Waals surface area (Å²) in [7, 11) is 0. The molecular formula is C19H25NO5S. The van der Waals surface area contributed by atoms with Crippen LogP contribution in [0, 0.1) is 11.8 Å². The Balaban J connectivity index is 1.70. The van der Waals surface area contributed by atoms with Crippen molar-refractivity contribution in [1.82, 2.24) is 0 Å². The lowest BCUT2D eigenvalue weighted by molar-refractivity contribution is -0.154. The molecule has 0 aliphatic heterocycles. The number of thiophene rings is 1. The number of hydrogen-bond donors (Lipinski definition) is 1. The van der Waals surface area contributed by atoms with Gasteiger partial charge in [0.25, 0.3) is 5.91 Å². The van der Waals surface area contributed by atoms with E-state index in [1.807, 2.05) is 0 Å². The van der Waals surface area contributed by atoms with Crippen molar-refractivity contribution in [2.75, 3.05) is 18.5 Å². The lowest BCUT2D eigenvalue weighted by Crippen LogP contribution is -2.28. The molecule has 1 aromatic heterocycles. The molecule has 3 rings (SSSR count). The Bertz CT molecular complexity index is 707. The molecule has 142 valence electrons. The molecular weight excluding hydrogens is 354 g/mol. The molecule has 1 atom stereocenters. The number of amides is 1. The first-order valence-corrected chi connectivity index (χ1v) is 10.1. The summed E-state index contributed by atoms with van der Waals surface area (Å²) < 4.78 is 10.3. The van der Waals surface area contributed by atoms with E-state index in [1.54, 1.807) is 6.92 Å². The highest BCUT2D eigenvalue weighted by Crippen LogP contribution is 2.40. The van der Waals surface area contributed by atoms with Crippen molar-refractivity contribution in [3.8, 4) is 0 Å². The van der Waals surface area contributed by atoms with E-state index >= 15 is 0 Å². The molecule has 0 aromatic carbocycles. The third-order valence-corrected chi connectivity index (χ3v) is 6.20. The Morgan fingerprint density at radius 2 is 1.96 bits per heavy atom. The molecule has 1 unspecified atom stereocenters. The number of nitrogens with one attached hydrogen (secondary N) is 1. The number of carbonyl (C=O) groups is 3. The third-order valence-electron chi connectivity index (χ3n) is 5.03. The van der Waals surface area contributed by atoms with Gasteiger partial charge in [-0.05, 0) is 50.5 Å². The van der Waals surface area contributed by atoms with Crippen LogP contribution in [0.1, 0.15) is 60.3 Å². The van der Waals surface area contributed by atoms with Crippen LogP contribution in [0.2, 0.25) is 0 Å². The van der Waals surface area contributed by atoms with E-state index in [-0.39, 0.29) is 25.1 Å². The van der Waals surface area contributed by atoms with Crippen molar-refractivity contribution in [2.24, 2.45) is 11.8 Å². The summed E-state index contributed by atoms with van der Waals surface area (Å²) in [6, 6.07) is 0. The van der Waals surface area contributed by atoms with Crippen molar-refractivity contribution in [2.45, 2.75) is 52.4 Å². The molecule has 0 saturated heterocycles. The van der Waals surface area contributed by atoms with Crippen LogP contribution in [-0.4, -0.2) is 31.1 Å². The molecule has 1 N–H and O–H groups in total. The largest absolute Gasteiger partial charge is 0.462 e. The first-order chi connectivity index (χ1) is 12.5. The Hall–Kier alpha value is -1.89. The van der Waals surface area contributed by atoms with Crippen LogP contribution in [0.5, 0.6) is 0 Å². The molecule has 1 saturated carbocycles. The fourth-order valence-electron chi connectivity index (χ4n) is 3.32. The maximum atomic E-state index is 12.4. The molecule has 1 fully saturated rings. The van der Waals surface area contributed by atoms with Crippen LogP contribution >= 0.6 is 11.3 Å². The number of hydrogen-bond acceptors (Lipinski definition) is 6. The van der Waals surface area contributed by atoms with Crippen LogP contribution in [0.25, 0.3) is 0 Å². The van der Waals surface area contributed by atoms with Gasteiger partial charge in [-0.3, -0.25) is 9.59 Å². The Morgan fingerprint density at radius 3 is 2.62 bits per heavy atom. The Kier molecular flexibility index (Phi) is 5.96. The quantitative estimate of drug-likeness (QED) is 0.767. The smallest absolute Gasteiger partial charge is 0.341 e. The van der Waals surface area contributed by atoms with Gasteiger partial charge in [-0.2, -0.15) is 0 Å². The second-order valence-electron chi connectivity index (χ2n) is 7.06.